The molecule has 0 saturated heterocycles. The zero-order valence-corrected chi connectivity index (χ0v) is 17.2. The van der Waals surface area contributed by atoms with Crippen LogP contribution in [0.3, 0.4) is 0 Å². The Morgan fingerprint density at radius 2 is 1.94 bits per heavy atom. The molecule has 1 aliphatic rings. The Bertz CT molecular complexity index is 1070. The number of nitrogens with zero attached hydrogens (tertiary/aromatic N) is 2. The molecule has 1 saturated carbocycles. The van der Waals surface area contributed by atoms with Crippen LogP contribution >= 0.6 is 0 Å². The van der Waals surface area contributed by atoms with Crippen LogP contribution in [0.25, 0.3) is 11.0 Å². The molecule has 0 radical (unpaired) electrons. The summed E-state index contributed by atoms with van der Waals surface area (Å²) in [5.74, 6) is -0.383. The van der Waals surface area contributed by atoms with Crippen LogP contribution < -0.4 is 16.0 Å². The molecule has 3 aromatic rings. The third kappa shape index (κ3) is 5.39. The molecule has 7 nitrogen and oxygen atoms in total. The highest BCUT2D eigenvalue weighted by Crippen LogP contribution is 2.19. The van der Waals surface area contributed by atoms with E-state index in [2.05, 4.69) is 20.9 Å². The lowest BCUT2D eigenvalue weighted by molar-refractivity contribution is 0.0938. The molecule has 162 valence electrons. The molecule has 1 aromatic heterocycles. The van der Waals surface area contributed by atoms with Gasteiger partial charge in [0.05, 0.1) is 17.4 Å². The summed E-state index contributed by atoms with van der Waals surface area (Å²) in [5.41, 5.74) is 2.96. The molecule has 0 unspecified atom stereocenters. The van der Waals surface area contributed by atoms with Crippen molar-refractivity contribution in [3.05, 3.63) is 65.7 Å². The van der Waals surface area contributed by atoms with E-state index in [1.807, 2.05) is 16.7 Å². The lowest BCUT2D eigenvalue weighted by Gasteiger charge is -2.12. The normalized spacial score (nSPS) is 14.0. The summed E-state index contributed by atoms with van der Waals surface area (Å²) in [6, 6.07) is 11.6. The first-order chi connectivity index (χ1) is 15.1. The maximum Gasteiger partial charge on any atom is 0.315 e. The average Bonchev–Trinajstić information content (AvgIpc) is 3.42. The van der Waals surface area contributed by atoms with Gasteiger partial charge in [-0.1, -0.05) is 25.0 Å². The summed E-state index contributed by atoms with van der Waals surface area (Å²) >= 11 is 0. The van der Waals surface area contributed by atoms with Crippen molar-refractivity contribution in [2.75, 3.05) is 6.54 Å². The number of hydrogen-bond donors (Lipinski definition) is 3. The van der Waals surface area contributed by atoms with E-state index in [1.54, 1.807) is 24.5 Å². The van der Waals surface area contributed by atoms with Gasteiger partial charge >= 0.3 is 6.03 Å². The predicted octanol–water partition coefficient (Wildman–Crippen LogP) is 3.35. The van der Waals surface area contributed by atoms with Gasteiger partial charge in [0.1, 0.15) is 5.82 Å². The van der Waals surface area contributed by atoms with E-state index in [9.17, 15) is 14.0 Å². The maximum absolute atomic E-state index is 13.2. The summed E-state index contributed by atoms with van der Waals surface area (Å²) in [6.45, 7) is 1.20. The van der Waals surface area contributed by atoms with Crippen LogP contribution in [-0.2, 0) is 13.1 Å². The van der Waals surface area contributed by atoms with Gasteiger partial charge in [0, 0.05) is 31.2 Å². The van der Waals surface area contributed by atoms with Crippen LogP contribution in [0.2, 0.25) is 0 Å². The van der Waals surface area contributed by atoms with Crippen molar-refractivity contribution in [3.63, 3.8) is 0 Å². The van der Waals surface area contributed by atoms with Gasteiger partial charge in [-0.3, -0.25) is 4.79 Å². The minimum Gasteiger partial charge on any atom is -0.349 e. The minimum atomic E-state index is -0.328. The average molecular weight is 423 g/mol. The highest BCUT2D eigenvalue weighted by molar-refractivity contribution is 5.97. The molecule has 0 spiro atoms. The van der Waals surface area contributed by atoms with E-state index in [1.165, 1.54) is 25.0 Å². The summed E-state index contributed by atoms with van der Waals surface area (Å²) in [6.07, 6.45) is 6.14. The number of nitrogens with one attached hydrogen (secondary N) is 3. The Balaban J connectivity index is 1.27. The quantitative estimate of drug-likeness (QED) is 0.545. The molecule has 1 heterocycles. The van der Waals surface area contributed by atoms with Gasteiger partial charge in [-0.2, -0.15) is 0 Å². The third-order valence-electron chi connectivity index (χ3n) is 5.55. The summed E-state index contributed by atoms with van der Waals surface area (Å²) in [7, 11) is 0. The summed E-state index contributed by atoms with van der Waals surface area (Å²) < 4.78 is 15.1. The first kappa shape index (κ1) is 20.8. The number of fused-ring (bicyclic) bond motifs is 1. The molecule has 1 fully saturated rings. The van der Waals surface area contributed by atoms with Crippen molar-refractivity contribution in [2.45, 2.75) is 44.8 Å². The van der Waals surface area contributed by atoms with E-state index in [4.69, 9.17) is 0 Å². The molecular weight excluding hydrogens is 397 g/mol. The fraction of sp³-hybridized carbons (Fsp3) is 0.348. The smallest absolute Gasteiger partial charge is 0.315 e. The molecule has 0 atom stereocenters. The van der Waals surface area contributed by atoms with Crippen molar-refractivity contribution in [2.24, 2.45) is 0 Å². The third-order valence-corrected chi connectivity index (χ3v) is 5.55. The first-order valence-electron chi connectivity index (χ1n) is 10.6. The Morgan fingerprint density at radius 1 is 1.10 bits per heavy atom. The summed E-state index contributed by atoms with van der Waals surface area (Å²) in [4.78, 5) is 28.8. The lowest BCUT2D eigenvalue weighted by atomic mass is 10.1. The molecule has 0 aliphatic heterocycles. The number of carbonyl (C=O) groups excluding carboxylic acids is 2. The highest BCUT2D eigenvalue weighted by atomic mass is 19.1. The van der Waals surface area contributed by atoms with Crippen LogP contribution in [0.15, 0.2) is 48.8 Å². The van der Waals surface area contributed by atoms with Crippen molar-refractivity contribution >= 4 is 23.0 Å². The molecule has 3 N–H and O–H groups in total. The zero-order valence-electron chi connectivity index (χ0n) is 17.2. The number of amides is 3. The van der Waals surface area contributed by atoms with E-state index >= 15 is 0 Å². The Hall–Kier alpha value is -3.42. The Kier molecular flexibility index (Phi) is 6.45. The van der Waals surface area contributed by atoms with E-state index in [0.29, 0.717) is 24.2 Å². The molecule has 3 amide bonds. The van der Waals surface area contributed by atoms with Gasteiger partial charge in [-0.25, -0.2) is 14.2 Å². The number of benzene rings is 2. The van der Waals surface area contributed by atoms with Crippen molar-refractivity contribution in [1.29, 1.82) is 0 Å². The number of hydrogen-bond acceptors (Lipinski definition) is 3. The van der Waals surface area contributed by atoms with Gasteiger partial charge in [0.25, 0.3) is 5.91 Å². The first-order valence-corrected chi connectivity index (χ1v) is 10.6. The van der Waals surface area contributed by atoms with Crippen molar-refractivity contribution in [3.8, 4) is 0 Å². The topological polar surface area (TPSA) is 88.0 Å². The molecular formula is C23H26FN5O2. The van der Waals surface area contributed by atoms with Crippen LogP contribution in [0.5, 0.6) is 0 Å². The number of aromatic nitrogens is 2. The molecule has 1 aliphatic carbocycles. The van der Waals surface area contributed by atoms with Gasteiger partial charge < -0.3 is 20.5 Å². The molecule has 0 bridgehead atoms. The van der Waals surface area contributed by atoms with Gasteiger partial charge in [0.2, 0.25) is 0 Å². The van der Waals surface area contributed by atoms with Crippen LogP contribution in [-0.4, -0.2) is 34.1 Å². The molecule has 4 rings (SSSR count). The summed E-state index contributed by atoms with van der Waals surface area (Å²) in [5, 5.41) is 8.58. The maximum atomic E-state index is 13.2. The number of carbonyl (C=O) groups is 2. The Labute approximate surface area is 180 Å². The van der Waals surface area contributed by atoms with Crippen molar-refractivity contribution < 1.29 is 14.0 Å². The fourth-order valence-electron chi connectivity index (χ4n) is 3.90. The van der Waals surface area contributed by atoms with E-state index in [-0.39, 0.29) is 30.3 Å². The fourth-order valence-corrected chi connectivity index (χ4v) is 3.90. The number of imidazole rings is 1. The van der Waals surface area contributed by atoms with Gasteiger partial charge in [-0.15, -0.1) is 0 Å². The second-order valence-corrected chi connectivity index (χ2v) is 7.84. The van der Waals surface area contributed by atoms with Crippen molar-refractivity contribution in [1.82, 2.24) is 25.5 Å². The van der Waals surface area contributed by atoms with Gasteiger partial charge in [-0.05, 0) is 48.7 Å². The largest absolute Gasteiger partial charge is 0.349 e. The van der Waals surface area contributed by atoms with Crippen LogP contribution in [0, 0.1) is 5.82 Å². The number of rotatable bonds is 7. The standard InChI is InChI=1S/C23H26FN5O2/c24-18-5-3-4-16(12-18)14-26-23(31)25-10-11-29-15-27-20-13-17(8-9-21(20)29)22(30)28-19-6-1-2-7-19/h3-5,8-9,12-13,15,19H,1-2,6-7,10-11,14H2,(H,28,30)(H2,25,26,31). The molecule has 31 heavy (non-hydrogen) atoms. The van der Waals surface area contributed by atoms with Crippen LogP contribution in [0.1, 0.15) is 41.6 Å². The highest BCUT2D eigenvalue weighted by Gasteiger charge is 2.18. The van der Waals surface area contributed by atoms with Crippen LogP contribution in [0.4, 0.5) is 9.18 Å². The van der Waals surface area contributed by atoms with Gasteiger partial charge in [0.15, 0.2) is 0 Å². The number of urea groups is 1. The Morgan fingerprint density at radius 3 is 2.74 bits per heavy atom. The zero-order chi connectivity index (χ0) is 21.6. The SMILES string of the molecule is O=C(NCCn1cnc2cc(C(=O)NC3CCCC3)ccc21)NCc1cccc(F)c1. The molecule has 8 heteroatoms. The second-order valence-electron chi connectivity index (χ2n) is 7.84. The number of halogens is 1. The molecule has 2 aromatic carbocycles. The predicted molar refractivity (Wildman–Crippen MR) is 116 cm³/mol. The lowest BCUT2D eigenvalue weighted by Crippen LogP contribution is -2.36. The van der Waals surface area contributed by atoms with E-state index in [0.717, 1.165) is 23.9 Å². The monoisotopic (exact) mass is 423 g/mol. The second kappa shape index (κ2) is 9.59. The van der Waals surface area contributed by atoms with E-state index < -0.39 is 0 Å². The minimum absolute atomic E-state index is 0.0556.